The quantitative estimate of drug-likeness (QED) is 0.774. The van der Waals surface area contributed by atoms with Crippen LogP contribution >= 0.6 is 11.6 Å². The van der Waals surface area contributed by atoms with E-state index in [-0.39, 0.29) is 0 Å². The average Bonchev–Trinajstić information content (AvgIpc) is 2.49. The normalized spacial score (nSPS) is 16.4. The van der Waals surface area contributed by atoms with Gasteiger partial charge in [-0.05, 0) is 56.5 Å². The largest absolute Gasteiger partial charge is 0.378 e. The highest BCUT2D eigenvalue weighted by atomic mass is 35.5. The molecule has 0 aromatic heterocycles. The predicted molar refractivity (Wildman–Crippen MR) is 90.3 cm³/mol. The summed E-state index contributed by atoms with van der Waals surface area (Å²) in [4.78, 5) is 2.47. The van der Waals surface area contributed by atoms with Gasteiger partial charge in [0.15, 0.2) is 0 Å². The Bertz CT molecular complexity index is 431. The molecule has 1 N–H and O–H groups in total. The molecule has 0 aliphatic carbocycles. The SMILES string of the molecule is CCCNCc1cc(Cl)ccc1N1CCC(OCC)CC1. The smallest absolute Gasteiger partial charge is 0.0608 e. The van der Waals surface area contributed by atoms with Crippen LogP contribution in [0.25, 0.3) is 0 Å². The molecule has 2 rings (SSSR count). The third kappa shape index (κ3) is 4.87. The molecular weight excluding hydrogens is 284 g/mol. The van der Waals surface area contributed by atoms with Crippen LogP contribution in [0.4, 0.5) is 5.69 Å². The molecule has 0 saturated carbocycles. The minimum Gasteiger partial charge on any atom is -0.378 e. The van der Waals surface area contributed by atoms with Crippen LogP contribution in [0.2, 0.25) is 5.02 Å². The van der Waals surface area contributed by atoms with Crippen molar-refractivity contribution in [2.75, 3.05) is 31.1 Å². The molecule has 0 unspecified atom stereocenters. The number of halogens is 1. The van der Waals surface area contributed by atoms with E-state index >= 15 is 0 Å². The van der Waals surface area contributed by atoms with Crippen molar-refractivity contribution < 1.29 is 4.74 Å². The monoisotopic (exact) mass is 310 g/mol. The first-order valence-corrected chi connectivity index (χ1v) is 8.48. The van der Waals surface area contributed by atoms with Gasteiger partial charge in [0.25, 0.3) is 0 Å². The Morgan fingerprint density at radius 3 is 2.71 bits per heavy atom. The van der Waals surface area contributed by atoms with Crippen LogP contribution in [-0.4, -0.2) is 32.3 Å². The zero-order valence-corrected chi connectivity index (χ0v) is 14.0. The van der Waals surface area contributed by atoms with Gasteiger partial charge in [-0.1, -0.05) is 18.5 Å². The van der Waals surface area contributed by atoms with Gasteiger partial charge < -0.3 is 15.0 Å². The Labute approximate surface area is 133 Å². The summed E-state index contributed by atoms with van der Waals surface area (Å²) < 4.78 is 5.74. The first kappa shape index (κ1) is 16.6. The predicted octanol–water partition coefficient (Wildman–Crippen LogP) is 3.84. The average molecular weight is 311 g/mol. The van der Waals surface area contributed by atoms with E-state index in [1.165, 1.54) is 11.3 Å². The van der Waals surface area contributed by atoms with Crippen molar-refractivity contribution in [3.8, 4) is 0 Å². The number of hydrogen-bond donors (Lipinski definition) is 1. The maximum Gasteiger partial charge on any atom is 0.0608 e. The lowest BCUT2D eigenvalue weighted by Gasteiger charge is -2.34. The van der Waals surface area contributed by atoms with Crippen molar-refractivity contribution in [1.82, 2.24) is 5.32 Å². The fourth-order valence-corrected chi connectivity index (χ4v) is 3.10. The summed E-state index contributed by atoms with van der Waals surface area (Å²) in [6.07, 6.45) is 3.80. The molecule has 4 heteroatoms. The second kappa shape index (κ2) is 8.62. The number of hydrogen-bond acceptors (Lipinski definition) is 3. The van der Waals surface area contributed by atoms with E-state index in [9.17, 15) is 0 Å². The lowest BCUT2D eigenvalue weighted by Crippen LogP contribution is -2.37. The van der Waals surface area contributed by atoms with Crippen molar-refractivity contribution in [2.24, 2.45) is 0 Å². The number of nitrogens with zero attached hydrogens (tertiary/aromatic N) is 1. The summed E-state index contributed by atoms with van der Waals surface area (Å²) in [7, 11) is 0. The van der Waals surface area contributed by atoms with Crippen LogP contribution in [0.1, 0.15) is 38.7 Å². The van der Waals surface area contributed by atoms with Crippen LogP contribution in [0.15, 0.2) is 18.2 Å². The second-order valence-electron chi connectivity index (χ2n) is 5.59. The molecule has 1 aromatic rings. The van der Waals surface area contributed by atoms with Crippen molar-refractivity contribution in [2.45, 2.75) is 45.8 Å². The van der Waals surface area contributed by atoms with Crippen molar-refractivity contribution >= 4 is 17.3 Å². The summed E-state index contributed by atoms with van der Waals surface area (Å²) in [5.74, 6) is 0. The van der Waals surface area contributed by atoms with Crippen molar-refractivity contribution in [1.29, 1.82) is 0 Å². The number of nitrogens with one attached hydrogen (secondary N) is 1. The number of benzene rings is 1. The third-order valence-corrected chi connectivity index (χ3v) is 4.20. The molecule has 0 bridgehead atoms. The summed E-state index contributed by atoms with van der Waals surface area (Å²) in [6, 6.07) is 6.25. The van der Waals surface area contributed by atoms with Gasteiger partial charge in [0.1, 0.15) is 0 Å². The molecule has 1 aromatic carbocycles. The van der Waals surface area contributed by atoms with Gasteiger partial charge in [0, 0.05) is 37.0 Å². The first-order valence-electron chi connectivity index (χ1n) is 8.10. The topological polar surface area (TPSA) is 24.5 Å². The Hall–Kier alpha value is -0.770. The summed E-state index contributed by atoms with van der Waals surface area (Å²) in [5.41, 5.74) is 2.61. The Morgan fingerprint density at radius 2 is 2.05 bits per heavy atom. The van der Waals surface area contributed by atoms with E-state index < -0.39 is 0 Å². The fourth-order valence-electron chi connectivity index (χ4n) is 2.90. The van der Waals surface area contributed by atoms with Crippen molar-refractivity contribution in [3.63, 3.8) is 0 Å². The molecule has 1 heterocycles. The number of rotatable bonds is 7. The molecular formula is C17H27ClN2O. The Morgan fingerprint density at radius 1 is 1.29 bits per heavy atom. The molecule has 1 saturated heterocycles. The van der Waals surface area contributed by atoms with Gasteiger partial charge in [0.2, 0.25) is 0 Å². The third-order valence-electron chi connectivity index (χ3n) is 3.97. The fraction of sp³-hybridized carbons (Fsp3) is 0.647. The van der Waals surface area contributed by atoms with Crippen LogP contribution in [0, 0.1) is 0 Å². The molecule has 0 spiro atoms. The van der Waals surface area contributed by atoms with Gasteiger partial charge in [-0.3, -0.25) is 0 Å². The molecule has 1 fully saturated rings. The highest BCUT2D eigenvalue weighted by Gasteiger charge is 2.21. The van der Waals surface area contributed by atoms with Gasteiger partial charge in [0.05, 0.1) is 6.10 Å². The number of anilines is 1. The minimum atomic E-state index is 0.431. The highest BCUT2D eigenvalue weighted by molar-refractivity contribution is 6.30. The Kier molecular flexibility index (Phi) is 6.81. The lowest BCUT2D eigenvalue weighted by atomic mass is 10.0. The highest BCUT2D eigenvalue weighted by Crippen LogP contribution is 2.27. The van der Waals surface area contributed by atoms with Crippen LogP contribution in [0.5, 0.6) is 0 Å². The second-order valence-corrected chi connectivity index (χ2v) is 6.03. The van der Waals surface area contributed by atoms with E-state index in [0.717, 1.165) is 57.1 Å². The molecule has 21 heavy (non-hydrogen) atoms. The summed E-state index contributed by atoms with van der Waals surface area (Å²) in [5, 5.41) is 4.29. The van der Waals surface area contributed by atoms with Crippen LogP contribution < -0.4 is 10.2 Å². The summed E-state index contributed by atoms with van der Waals surface area (Å²) >= 11 is 6.17. The number of ether oxygens (including phenoxy) is 1. The molecule has 0 amide bonds. The molecule has 0 radical (unpaired) electrons. The molecule has 118 valence electrons. The zero-order chi connectivity index (χ0) is 15.1. The molecule has 0 atom stereocenters. The van der Waals surface area contributed by atoms with Crippen molar-refractivity contribution in [3.05, 3.63) is 28.8 Å². The molecule has 3 nitrogen and oxygen atoms in total. The molecule has 1 aliphatic rings. The van der Waals surface area contributed by atoms with E-state index in [2.05, 4.69) is 36.2 Å². The zero-order valence-electron chi connectivity index (χ0n) is 13.2. The summed E-state index contributed by atoms with van der Waals surface area (Å²) in [6.45, 7) is 9.12. The van der Waals surface area contributed by atoms with E-state index in [1.54, 1.807) is 0 Å². The Balaban J connectivity index is 2.01. The van der Waals surface area contributed by atoms with Gasteiger partial charge in [-0.15, -0.1) is 0 Å². The maximum atomic E-state index is 6.17. The first-order chi connectivity index (χ1) is 10.2. The van der Waals surface area contributed by atoms with Gasteiger partial charge >= 0.3 is 0 Å². The number of piperidine rings is 1. The van der Waals surface area contributed by atoms with E-state index in [0.29, 0.717) is 6.10 Å². The lowest BCUT2D eigenvalue weighted by molar-refractivity contribution is 0.0459. The van der Waals surface area contributed by atoms with Crippen LogP contribution in [0.3, 0.4) is 0 Å². The van der Waals surface area contributed by atoms with E-state index in [4.69, 9.17) is 16.3 Å². The standard InChI is InChI=1S/C17H27ClN2O/c1-3-9-19-13-14-12-15(18)5-6-17(14)20-10-7-16(8-11-20)21-4-2/h5-6,12,16,19H,3-4,7-11,13H2,1-2H3. The minimum absolute atomic E-state index is 0.431. The van der Waals surface area contributed by atoms with Gasteiger partial charge in [-0.2, -0.15) is 0 Å². The van der Waals surface area contributed by atoms with E-state index in [1.807, 2.05) is 6.07 Å². The molecule has 1 aliphatic heterocycles. The van der Waals surface area contributed by atoms with Crippen LogP contribution in [-0.2, 0) is 11.3 Å². The maximum absolute atomic E-state index is 6.17. The van der Waals surface area contributed by atoms with Gasteiger partial charge in [-0.25, -0.2) is 0 Å².